The minimum atomic E-state index is -0.683. The summed E-state index contributed by atoms with van der Waals surface area (Å²) < 4.78 is 123. The number of nitrogens with zero attached hydrogens (tertiary/aromatic N) is 4. The van der Waals surface area contributed by atoms with Crippen molar-refractivity contribution in [3.8, 4) is 61.3 Å². The molecule has 0 spiro atoms. The van der Waals surface area contributed by atoms with Gasteiger partial charge >= 0.3 is 0 Å². The number of anilines is 6. The Morgan fingerprint density at radius 2 is 0.760 bits per heavy atom. The van der Waals surface area contributed by atoms with Crippen molar-refractivity contribution in [3.63, 3.8) is 0 Å². The molecule has 4 nitrogen and oxygen atoms in total. The molecule has 0 saturated heterocycles. The van der Waals surface area contributed by atoms with Crippen molar-refractivity contribution in [2.45, 2.75) is 131 Å². The zero-order valence-electron chi connectivity index (χ0n) is 70.6. The van der Waals surface area contributed by atoms with Crippen molar-refractivity contribution in [3.05, 3.63) is 283 Å². The number of hydrogen-bond acceptors (Lipinski definition) is 3. The number of hydrogen-bond donors (Lipinski definition) is 0. The number of benzene rings is 11. The molecule has 13 aromatic rings. The first kappa shape index (κ1) is 48.7. The third kappa shape index (κ3) is 10.7. The van der Waals surface area contributed by atoms with Crippen molar-refractivity contribution < 1.29 is 17.8 Å². The summed E-state index contributed by atoms with van der Waals surface area (Å²) in [5, 5.41) is -0.0904. The van der Waals surface area contributed by atoms with Crippen LogP contribution in [0, 0.1) is 0 Å². The minimum Gasteiger partial charge on any atom is -0.310 e. The lowest BCUT2D eigenvalue weighted by molar-refractivity contribution is 0.532. The lowest BCUT2D eigenvalue weighted by atomic mass is 9.33. The number of pyridine rings is 1. The van der Waals surface area contributed by atoms with Gasteiger partial charge in [0.1, 0.15) is 0 Å². The van der Waals surface area contributed by atoms with Gasteiger partial charge in [-0.05, 0) is 150 Å². The Balaban J connectivity index is 1.21. The molecule has 0 radical (unpaired) electrons. The highest BCUT2D eigenvalue weighted by Crippen LogP contribution is 2.56. The Morgan fingerprint density at radius 1 is 0.333 bits per heavy atom. The largest absolute Gasteiger partial charge is 0.310 e. The van der Waals surface area contributed by atoms with E-state index in [2.05, 4.69) is 241 Å². The summed E-state index contributed by atoms with van der Waals surface area (Å²) in [5.41, 5.74) is 17.8. The molecular formula is C91H87BN4. The van der Waals surface area contributed by atoms with Crippen LogP contribution in [0.15, 0.2) is 254 Å². The second kappa shape index (κ2) is 22.9. The van der Waals surface area contributed by atoms with Gasteiger partial charge in [0, 0.05) is 83.6 Å². The van der Waals surface area contributed by atoms with Crippen molar-refractivity contribution in [1.29, 1.82) is 0 Å². The van der Waals surface area contributed by atoms with Crippen molar-refractivity contribution in [2.24, 2.45) is 0 Å². The van der Waals surface area contributed by atoms with Gasteiger partial charge in [0.05, 0.1) is 45.9 Å². The van der Waals surface area contributed by atoms with Gasteiger partial charge in [-0.15, -0.1) is 0 Å². The molecule has 11 aromatic carbocycles. The predicted octanol–water partition coefficient (Wildman–Crippen LogP) is 23.1. The average molecular weight is 1260 g/mol. The lowest BCUT2D eigenvalue weighted by Gasteiger charge is -2.47. The standard InChI is InChI=1S/C91H87BN4/c1-87(2,3)63-51-70(59-34-22-17-23-35-59)84(71(52-63)60-36-24-18-25-37-60)95-78-50-62(58-32-20-16-21-33-58)44-47-74(78)92-75-48-45-66(94-76-42-30-28-40-67(76)68-41-29-31-43-77(68)94)57-79(75)96(81-56-65(89(7,8)9)55-80(95)83(81)92)85-72(61-38-26-19-27-39-61)53-64(88(4,5)6)54-73(85)69-46-49-82(90(10,11)12)93-86(69)91(13,14)15/h16-57H,1-15H3/i16D,20D,21D,28D,29D,30D,31D,32D,33D,40D,41D,42D,43D. The van der Waals surface area contributed by atoms with Crippen LogP contribution in [-0.4, -0.2) is 16.3 Å². The monoisotopic (exact) mass is 1260 g/mol. The SMILES string of the molecule is [2H]c1c([2H])c([2H])c(-c2ccc3c(c2)N(c2c(-c4ccccc4)cc(C(C)(C)C)cc2-c2ccccc2)c2cc(C(C)(C)C)cc4c2B3c2ccc(-n3c5c([2H])c([2H])c([2H])c([2H])c5c5c([2H])c([2H])c([2H])c([2H])c53)cc2N4c2c(-c3ccccc3)cc(C(C)(C)C)cc2-c2ccc(C(C)(C)C)nc2C(C)(C)C)c([2H])c1[2H]. The molecule has 2 aliphatic rings. The van der Waals surface area contributed by atoms with Gasteiger partial charge in [-0.1, -0.05) is 286 Å². The Kier molecular flexibility index (Phi) is 11.6. The minimum absolute atomic E-state index is 0.0206. The summed E-state index contributed by atoms with van der Waals surface area (Å²) in [6.45, 7) is 32.5. The van der Waals surface area contributed by atoms with Crippen LogP contribution in [0.5, 0.6) is 0 Å². The molecule has 2 aliphatic heterocycles. The maximum Gasteiger partial charge on any atom is 0.252 e. The molecule has 0 N–H and O–H groups in total. The van der Waals surface area contributed by atoms with Crippen LogP contribution in [0.2, 0.25) is 0 Å². The van der Waals surface area contributed by atoms with E-state index in [-0.39, 0.29) is 50.3 Å². The zero-order valence-corrected chi connectivity index (χ0v) is 57.6. The van der Waals surface area contributed by atoms with E-state index in [1.165, 1.54) is 0 Å². The van der Waals surface area contributed by atoms with Crippen LogP contribution < -0.4 is 26.2 Å². The Morgan fingerprint density at radius 3 is 1.23 bits per heavy atom. The van der Waals surface area contributed by atoms with Gasteiger partial charge in [0.25, 0.3) is 6.71 Å². The van der Waals surface area contributed by atoms with Crippen LogP contribution in [0.1, 0.15) is 150 Å². The smallest absolute Gasteiger partial charge is 0.252 e. The van der Waals surface area contributed by atoms with Gasteiger partial charge in [-0.25, -0.2) is 0 Å². The zero-order chi connectivity index (χ0) is 78.3. The summed E-state index contributed by atoms with van der Waals surface area (Å²) >= 11 is 0. The molecule has 0 atom stereocenters. The van der Waals surface area contributed by atoms with Crippen molar-refractivity contribution in [2.75, 3.05) is 9.80 Å². The van der Waals surface area contributed by atoms with Crippen LogP contribution in [0.25, 0.3) is 83.1 Å². The van der Waals surface area contributed by atoms with Gasteiger partial charge in [-0.2, -0.15) is 0 Å². The van der Waals surface area contributed by atoms with Gasteiger partial charge in [0.2, 0.25) is 0 Å². The summed E-state index contributed by atoms with van der Waals surface area (Å²) in [5.74, 6) is 0. The number of fused-ring (bicyclic) bond motifs is 7. The van der Waals surface area contributed by atoms with Crippen molar-refractivity contribution in [1.82, 2.24) is 9.55 Å². The number of rotatable bonds is 8. The van der Waals surface area contributed by atoms with E-state index in [9.17, 15) is 11.0 Å². The third-order valence-electron chi connectivity index (χ3n) is 19.3. The predicted molar refractivity (Wildman–Crippen MR) is 413 cm³/mol. The number of aromatic nitrogens is 2. The summed E-state index contributed by atoms with van der Waals surface area (Å²) in [7, 11) is 0. The van der Waals surface area contributed by atoms with Crippen molar-refractivity contribution >= 4 is 79.0 Å². The summed E-state index contributed by atoms with van der Waals surface area (Å²) in [6, 6.07) is 55.4. The lowest BCUT2D eigenvalue weighted by Crippen LogP contribution is -2.61. The first-order valence-electron chi connectivity index (χ1n) is 39.9. The molecule has 96 heavy (non-hydrogen) atoms. The molecule has 0 saturated carbocycles. The quantitative estimate of drug-likeness (QED) is 0.142. The maximum absolute atomic E-state index is 9.86. The molecule has 15 rings (SSSR count). The van der Waals surface area contributed by atoms with E-state index >= 15 is 0 Å². The summed E-state index contributed by atoms with van der Waals surface area (Å²) in [6.07, 6.45) is 0. The normalized spacial score (nSPS) is 15.2. The second-order valence-corrected chi connectivity index (χ2v) is 31.1. The van der Waals surface area contributed by atoms with Gasteiger partial charge in [0.15, 0.2) is 0 Å². The first-order chi connectivity index (χ1) is 51.2. The molecule has 4 heterocycles. The third-order valence-corrected chi connectivity index (χ3v) is 19.3. The molecule has 0 aliphatic carbocycles. The van der Waals surface area contributed by atoms with Crippen LogP contribution in [0.3, 0.4) is 0 Å². The van der Waals surface area contributed by atoms with Gasteiger partial charge in [-0.3, -0.25) is 4.98 Å². The molecule has 0 amide bonds. The van der Waals surface area contributed by atoms with E-state index in [1.807, 2.05) is 48.5 Å². The Hall–Kier alpha value is -9.97. The summed E-state index contributed by atoms with van der Waals surface area (Å²) in [4.78, 5) is 10.5. The molecule has 0 fully saturated rings. The average Bonchev–Trinajstić information content (AvgIpc) is 1.65. The molecule has 0 unspecified atom stereocenters. The fourth-order valence-corrected chi connectivity index (χ4v) is 14.3. The van der Waals surface area contributed by atoms with E-state index in [4.69, 9.17) is 11.8 Å². The van der Waals surface area contributed by atoms with E-state index in [0.29, 0.717) is 22.6 Å². The first-order valence-corrected chi connectivity index (χ1v) is 33.4. The molecule has 5 heteroatoms. The van der Waals surface area contributed by atoms with Crippen LogP contribution >= 0.6 is 0 Å². The number of para-hydroxylation sites is 2. The fraction of sp³-hybridized carbons (Fsp3) is 0.220. The molecular weight excluding hydrogens is 1160 g/mol. The van der Waals surface area contributed by atoms with Gasteiger partial charge < -0.3 is 14.4 Å². The molecule has 474 valence electrons. The van der Waals surface area contributed by atoms with Crippen LogP contribution in [-0.2, 0) is 27.1 Å². The molecule has 2 aromatic heterocycles. The molecule has 0 bridgehead atoms. The van der Waals surface area contributed by atoms with E-state index in [0.717, 1.165) is 112 Å². The Bertz CT molecular complexity index is 5830. The van der Waals surface area contributed by atoms with E-state index < -0.39 is 89.4 Å². The van der Waals surface area contributed by atoms with E-state index in [1.54, 1.807) is 4.57 Å². The Labute approximate surface area is 588 Å². The van der Waals surface area contributed by atoms with Crippen LogP contribution in [0.4, 0.5) is 34.1 Å². The fourth-order valence-electron chi connectivity index (χ4n) is 14.3. The highest BCUT2D eigenvalue weighted by Gasteiger charge is 2.47. The maximum atomic E-state index is 9.86. The second-order valence-electron chi connectivity index (χ2n) is 31.1. The highest BCUT2D eigenvalue weighted by atomic mass is 15.2. The topological polar surface area (TPSA) is 24.3 Å². The highest BCUT2D eigenvalue weighted by molar-refractivity contribution is 7.00.